The van der Waals surface area contributed by atoms with Gasteiger partial charge in [-0.3, -0.25) is 0 Å². The molecule has 1 saturated carbocycles. The second kappa shape index (κ2) is 5.98. The van der Waals surface area contributed by atoms with Crippen molar-refractivity contribution in [2.75, 3.05) is 6.54 Å². The summed E-state index contributed by atoms with van der Waals surface area (Å²) in [6.07, 6.45) is 5.02. The minimum Gasteiger partial charge on any atom is -0.361 e. The van der Waals surface area contributed by atoms with Crippen molar-refractivity contribution in [2.45, 2.75) is 32.2 Å². The third-order valence-electron chi connectivity index (χ3n) is 4.17. The summed E-state index contributed by atoms with van der Waals surface area (Å²) in [5.41, 5.74) is 2.24. The Bertz CT molecular complexity index is 652. The zero-order chi connectivity index (χ0) is 14.8. The topological polar surface area (TPSA) is 56.9 Å². The van der Waals surface area contributed by atoms with Crippen LogP contribution in [0.3, 0.4) is 0 Å². The van der Waals surface area contributed by atoms with Crippen LogP contribution in [0, 0.1) is 5.92 Å². The third kappa shape index (κ3) is 3.32. The zero-order valence-electron chi connectivity index (χ0n) is 12.1. The predicted octanol–water partition coefficient (Wildman–Crippen LogP) is 3.46. The first kappa shape index (κ1) is 14.3. The minimum absolute atomic E-state index is 0.0613. The van der Waals surface area contributed by atoms with Gasteiger partial charge in [0.05, 0.1) is 0 Å². The van der Waals surface area contributed by atoms with E-state index in [0.717, 1.165) is 35.2 Å². The molecule has 0 spiro atoms. The van der Waals surface area contributed by atoms with E-state index in [1.807, 2.05) is 24.4 Å². The maximum absolute atomic E-state index is 11.7. The third-order valence-corrected chi connectivity index (χ3v) is 4.41. The fourth-order valence-corrected chi connectivity index (χ4v) is 2.94. The number of benzene rings is 1. The van der Waals surface area contributed by atoms with Gasteiger partial charge in [-0.2, -0.15) is 0 Å². The molecule has 0 unspecified atom stereocenters. The van der Waals surface area contributed by atoms with E-state index in [-0.39, 0.29) is 6.03 Å². The van der Waals surface area contributed by atoms with E-state index < -0.39 is 0 Å². The Kier molecular flexibility index (Phi) is 4.06. The molecule has 2 amide bonds. The lowest BCUT2D eigenvalue weighted by molar-refractivity contribution is 0.240. The summed E-state index contributed by atoms with van der Waals surface area (Å²) in [4.78, 5) is 15.0. The quantitative estimate of drug-likeness (QED) is 0.778. The number of carbonyl (C=O) groups is 1. The highest BCUT2D eigenvalue weighted by Gasteiger charge is 2.36. The van der Waals surface area contributed by atoms with E-state index in [1.165, 1.54) is 5.56 Å². The molecule has 1 aromatic heterocycles. The van der Waals surface area contributed by atoms with Gasteiger partial charge in [-0.25, -0.2) is 4.79 Å². The van der Waals surface area contributed by atoms with Crippen molar-refractivity contribution in [1.29, 1.82) is 0 Å². The molecule has 112 valence electrons. The van der Waals surface area contributed by atoms with Gasteiger partial charge in [-0.15, -0.1) is 0 Å². The SMILES string of the molecule is CC[C@@H]1C[C@H]1NC(=O)NCCc1c[nH]c2ccc(Cl)cc12. The average molecular weight is 306 g/mol. The highest BCUT2D eigenvalue weighted by molar-refractivity contribution is 6.31. The fraction of sp³-hybridized carbons (Fsp3) is 0.438. The van der Waals surface area contributed by atoms with Crippen molar-refractivity contribution >= 4 is 28.5 Å². The maximum atomic E-state index is 11.7. The van der Waals surface area contributed by atoms with Crippen molar-refractivity contribution < 1.29 is 4.79 Å². The Balaban J connectivity index is 1.50. The Morgan fingerprint density at radius 1 is 1.48 bits per heavy atom. The summed E-state index contributed by atoms with van der Waals surface area (Å²) < 4.78 is 0. The van der Waals surface area contributed by atoms with Crippen molar-refractivity contribution in [2.24, 2.45) is 5.92 Å². The van der Waals surface area contributed by atoms with Crippen molar-refractivity contribution in [3.63, 3.8) is 0 Å². The first-order valence-corrected chi connectivity index (χ1v) is 7.85. The van der Waals surface area contributed by atoms with E-state index in [9.17, 15) is 4.79 Å². The highest BCUT2D eigenvalue weighted by atomic mass is 35.5. The predicted molar refractivity (Wildman–Crippen MR) is 85.7 cm³/mol. The second-order valence-corrected chi connectivity index (χ2v) is 6.10. The molecular formula is C16H20ClN3O. The number of fused-ring (bicyclic) bond motifs is 1. The number of amides is 2. The first-order chi connectivity index (χ1) is 10.2. The van der Waals surface area contributed by atoms with Gasteiger partial charge >= 0.3 is 6.03 Å². The molecule has 3 rings (SSSR count). The van der Waals surface area contributed by atoms with Crippen LogP contribution in [0.2, 0.25) is 5.02 Å². The minimum atomic E-state index is -0.0613. The molecule has 1 aliphatic rings. The molecule has 1 fully saturated rings. The summed E-state index contributed by atoms with van der Waals surface area (Å²) in [5, 5.41) is 7.77. The van der Waals surface area contributed by atoms with Crippen LogP contribution >= 0.6 is 11.6 Å². The largest absolute Gasteiger partial charge is 0.361 e. The van der Waals surface area contributed by atoms with Gasteiger partial charge in [0.15, 0.2) is 0 Å². The van der Waals surface area contributed by atoms with Gasteiger partial charge in [0.2, 0.25) is 0 Å². The number of urea groups is 1. The first-order valence-electron chi connectivity index (χ1n) is 7.47. The molecule has 2 atom stereocenters. The summed E-state index contributed by atoms with van der Waals surface area (Å²) in [7, 11) is 0. The molecule has 0 radical (unpaired) electrons. The molecule has 1 heterocycles. The Morgan fingerprint density at radius 2 is 2.33 bits per heavy atom. The van der Waals surface area contributed by atoms with Crippen LogP contribution in [-0.2, 0) is 6.42 Å². The molecular weight excluding hydrogens is 286 g/mol. The van der Waals surface area contributed by atoms with Crippen LogP contribution in [0.1, 0.15) is 25.3 Å². The maximum Gasteiger partial charge on any atom is 0.315 e. The number of aromatic amines is 1. The molecule has 1 aliphatic carbocycles. The summed E-state index contributed by atoms with van der Waals surface area (Å²) in [5.74, 6) is 0.673. The van der Waals surface area contributed by atoms with Gasteiger partial charge in [0.1, 0.15) is 0 Å². The molecule has 21 heavy (non-hydrogen) atoms. The van der Waals surface area contributed by atoms with Gasteiger partial charge < -0.3 is 15.6 Å². The van der Waals surface area contributed by atoms with Crippen molar-refractivity contribution in [3.8, 4) is 0 Å². The molecule has 4 nitrogen and oxygen atoms in total. The smallest absolute Gasteiger partial charge is 0.315 e. The Labute approximate surface area is 129 Å². The summed E-state index contributed by atoms with van der Waals surface area (Å²) in [6.45, 7) is 2.78. The van der Waals surface area contributed by atoms with E-state index in [0.29, 0.717) is 18.5 Å². The van der Waals surface area contributed by atoms with Crippen LogP contribution in [0.15, 0.2) is 24.4 Å². The van der Waals surface area contributed by atoms with Crippen molar-refractivity contribution in [3.05, 3.63) is 35.0 Å². The molecule has 0 saturated heterocycles. The second-order valence-electron chi connectivity index (χ2n) is 5.66. The zero-order valence-corrected chi connectivity index (χ0v) is 12.8. The van der Waals surface area contributed by atoms with Gasteiger partial charge in [0.25, 0.3) is 0 Å². The number of aromatic nitrogens is 1. The standard InChI is InChI=1S/C16H20ClN3O/c1-2-10-7-15(10)20-16(21)18-6-5-11-9-19-14-4-3-12(17)8-13(11)14/h3-4,8-10,15,19H,2,5-7H2,1H3,(H2,18,20,21)/t10-,15-/m1/s1. The average Bonchev–Trinajstić information content (AvgIpc) is 3.10. The number of H-pyrrole nitrogens is 1. The van der Waals surface area contributed by atoms with Crippen LogP contribution in [0.5, 0.6) is 0 Å². The van der Waals surface area contributed by atoms with Gasteiger partial charge in [-0.1, -0.05) is 24.9 Å². The van der Waals surface area contributed by atoms with Crippen LogP contribution in [-0.4, -0.2) is 23.6 Å². The van der Waals surface area contributed by atoms with E-state index in [1.54, 1.807) is 0 Å². The molecule has 0 aliphatic heterocycles. The lowest BCUT2D eigenvalue weighted by atomic mass is 10.1. The number of nitrogens with one attached hydrogen (secondary N) is 3. The van der Waals surface area contributed by atoms with E-state index >= 15 is 0 Å². The van der Waals surface area contributed by atoms with Crippen LogP contribution in [0.4, 0.5) is 4.79 Å². The molecule has 5 heteroatoms. The lowest BCUT2D eigenvalue weighted by Crippen LogP contribution is -2.38. The van der Waals surface area contributed by atoms with E-state index in [4.69, 9.17) is 11.6 Å². The molecule has 0 bridgehead atoms. The number of hydrogen-bond acceptors (Lipinski definition) is 1. The molecule has 1 aromatic carbocycles. The van der Waals surface area contributed by atoms with Gasteiger partial charge in [0, 0.05) is 34.7 Å². The number of carbonyl (C=O) groups excluding carboxylic acids is 1. The molecule has 2 aromatic rings. The highest BCUT2D eigenvalue weighted by Crippen LogP contribution is 2.32. The van der Waals surface area contributed by atoms with Gasteiger partial charge in [-0.05, 0) is 42.5 Å². The van der Waals surface area contributed by atoms with Crippen LogP contribution in [0.25, 0.3) is 10.9 Å². The normalized spacial score (nSPS) is 20.5. The van der Waals surface area contributed by atoms with Crippen LogP contribution < -0.4 is 10.6 Å². The number of rotatable bonds is 5. The Hall–Kier alpha value is -1.68. The number of hydrogen-bond donors (Lipinski definition) is 3. The van der Waals surface area contributed by atoms with E-state index in [2.05, 4.69) is 22.5 Å². The monoisotopic (exact) mass is 305 g/mol. The van der Waals surface area contributed by atoms with Crippen molar-refractivity contribution in [1.82, 2.24) is 15.6 Å². The lowest BCUT2D eigenvalue weighted by Gasteiger charge is -2.07. The molecule has 3 N–H and O–H groups in total. The summed E-state index contributed by atoms with van der Waals surface area (Å²) >= 11 is 6.03. The summed E-state index contributed by atoms with van der Waals surface area (Å²) in [6, 6.07) is 6.11. The fourth-order valence-electron chi connectivity index (χ4n) is 2.76. The Morgan fingerprint density at radius 3 is 3.10 bits per heavy atom. The number of halogens is 1.